The quantitative estimate of drug-likeness (QED) is 0.603. The van der Waals surface area contributed by atoms with E-state index in [1.54, 1.807) is 12.2 Å². The maximum atomic E-state index is 11.4. The van der Waals surface area contributed by atoms with Crippen molar-refractivity contribution >= 4 is 11.6 Å². The van der Waals surface area contributed by atoms with Crippen molar-refractivity contribution in [3.63, 3.8) is 0 Å². The van der Waals surface area contributed by atoms with Gasteiger partial charge in [0, 0.05) is 18.4 Å². The molecular formula is C14H17NO2. The summed E-state index contributed by atoms with van der Waals surface area (Å²) in [6, 6.07) is 7.43. The van der Waals surface area contributed by atoms with Crippen molar-refractivity contribution in [3.05, 3.63) is 54.1 Å². The smallest absolute Gasteiger partial charge is 0.248 e. The zero-order valence-electron chi connectivity index (χ0n) is 9.89. The lowest BCUT2D eigenvalue weighted by molar-refractivity contribution is -0.111. The number of carbonyl (C=O) groups is 1. The summed E-state index contributed by atoms with van der Waals surface area (Å²) < 4.78 is 0. The molecule has 1 aromatic rings. The van der Waals surface area contributed by atoms with Crippen LogP contribution in [0.5, 0.6) is 0 Å². The Morgan fingerprint density at radius 3 is 2.59 bits per heavy atom. The van der Waals surface area contributed by atoms with E-state index in [9.17, 15) is 4.79 Å². The van der Waals surface area contributed by atoms with Gasteiger partial charge in [-0.1, -0.05) is 30.4 Å². The third-order valence-electron chi connectivity index (χ3n) is 2.17. The number of allylic oxidation sites excluding steroid dienone is 3. The molecule has 1 aromatic carbocycles. The molecule has 0 unspecified atom stereocenters. The summed E-state index contributed by atoms with van der Waals surface area (Å²) in [5.74, 6) is -0.155. The van der Waals surface area contributed by atoms with Crippen molar-refractivity contribution in [3.8, 4) is 0 Å². The highest BCUT2D eigenvalue weighted by atomic mass is 16.2. The molecule has 1 rings (SSSR count). The highest BCUT2D eigenvalue weighted by Crippen LogP contribution is 2.09. The molecule has 0 fully saturated rings. The lowest BCUT2D eigenvalue weighted by atomic mass is 10.1. The fraction of sp³-hybridized carbons (Fsp3) is 0.214. The molecule has 0 aliphatic heterocycles. The van der Waals surface area contributed by atoms with Crippen LogP contribution < -0.4 is 5.32 Å². The summed E-state index contributed by atoms with van der Waals surface area (Å²) in [5, 5.41) is 11.5. The van der Waals surface area contributed by atoms with E-state index in [4.69, 9.17) is 5.11 Å². The normalized spacial score (nSPS) is 11.2. The lowest BCUT2D eigenvalue weighted by Crippen LogP contribution is -2.07. The summed E-state index contributed by atoms with van der Waals surface area (Å²) in [7, 11) is 0. The zero-order chi connectivity index (χ0) is 12.5. The second-order valence-electron chi connectivity index (χ2n) is 3.54. The first-order valence-electron chi connectivity index (χ1n) is 5.56. The number of hydrogen-bond donors (Lipinski definition) is 2. The number of amides is 1. The molecule has 0 aliphatic rings. The van der Waals surface area contributed by atoms with E-state index >= 15 is 0 Å². The van der Waals surface area contributed by atoms with Crippen LogP contribution in [0.1, 0.15) is 12.5 Å². The molecule has 0 aliphatic carbocycles. The molecular weight excluding hydrogens is 214 g/mol. The third-order valence-corrected chi connectivity index (χ3v) is 2.17. The average Bonchev–Trinajstić information content (AvgIpc) is 2.32. The van der Waals surface area contributed by atoms with E-state index in [-0.39, 0.29) is 12.5 Å². The van der Waals surface area contributed by atoms with Crippen LogP contribution in [0.2, 0.25) is 0 Å². The number of benzene rings is 1. The summed E-state index contributed by atoms with van der Waals surface area (Å²) in [6.07, 6.45) is 7.45. The largest absolute Gasteiger partial charge is 0.396 e. The van der Waals surface area contributed by atoms with Gasteiger partial charge in [0.2, 0.25) is 5.91 Å². The van der Waals surface area contributed by atoms with Crippen molar-refractivity contribution in [2.75, 3.05) is 11.9 Å². The minimum absolute atomic E-state index is 0.137. The second kappa shape index (κ2) is 7.41. The average molecular weight is 231 g/mol. The van der Waals surface area contributed by atoms with Gasteiger partial charge in [0.1, 0.15) is 0 Å². The van der Waals surface area contributed by atoms with E-state index in [0.717, 1.165) is 11.3 Å². The molecule has 0 heterocycles. The molecule has 17 heavy (non-hydrogen) atoms. The summed E-state index contributed by atoms with van der Waals surface area (Å²) >= 11 is 0. The standard InChI is InChI=1S/C14H17NO2/c1-2-3-4-5-14(17)15-13-8-6-12(7-9-13)10-11-16/h2-9,16H,10-11H2,1H3,(H,15,17). The van der Waals surface area contributed by atoms with Crippen LogP contribution in [0, 0.1) is 0 Å². The third kappa shape index (κ3) is 5.13. The Bertz CT molecular complexity index is 405. The molecule has 0 radical (unpaired) electrons. The van der Waals surface area contributed by atoms with Crippen molar-refractivity contribution < 1.29 is 9.90 Å². The molecule has 0 atom stereocenters. The number of nitrogens with one attached hydrogen (secondary N) is 1. The maximum absolute atomic E-state index is 11.4. The minimum atomic E-state index is -0.155. The van der Waals surface area contributed by atoms with Gasteiger partial charge < -0.3 is 10.4 Å². The number of aliphatic hydroxyl groups excluding tert-OH is 1. The molecule has 0 saturated heterocycles. The van der Waals surface area contributed by atoms with Gasteiger partial charge in [0.15, 0.2) is 0 Å². The summed E-state index contributed by atoms with van der Waals surface area (Å²) in [4.78, 5) is 11.4. The second-order valence-corrected chi connectivity index (χ2v) is 3.54. The van der Waals surface area contributed by atoms with Gasteiger partial charge in [-0.05, 0) is 31.0 Å². The van der Waals surface area contributed by atoms with Gasteiger partial charge in [-0.25, -0.2) is 0 Å². The lowest BCUT2D eigenvalue weighted by Gasteiger charge is -2.03. The van der Waals surface area contributed by atoms with Crippen molar-refractivity contribution in [1.29, 1.82) is 0 Å². The first kappa shape index (κ1) is 13.2. The molecule has 0 spiro atoms. The topological polar surface area (TPSA) is 49.3 Å². The van der Waals surface area contributed by atoms with Gasteiger partial charge in [0.05, 0.1) is 0 Å². The van der Waals surface area contributed by atoms with E-state index < -0.39 is 0 Å². The minimum Gasteiger partial charge on any atom is -0.396 e. The molecule has 0 bridgehead atoms. The van der Waals surface area contributed by atoms with Gasteiger partial charge in [0.25, 0.3) is 0 Å². The highest BCUT2D eigenvalue weighted by molar-refractivity contribution is 5.99. The van der Waals surface area contributed by atoms with Crippen molar-refractivity contribution in [2.45, 2.75) is 13.3 Å². The molecule has 0 aromatic heterocycles. The Hall–Kier alpha value is -1.87. The van der Waals surface area contributed by atoms with E-state index in [2.05, 4.69) is 5.32 Å². The van der Waals surface area contributed by atoms with Crippen LogP contribution in [0.4, 0.5) is 5.69 Å². The van der Waals surface area contributed by atoms with E-state index in [1.165, 1.54) is 6.08 Å². The fourth-order valence-electron chi connectivity index (χ4n) is 1.32. The monoisotopic (exact) mass is 231 g/mol. The fourth-order valence-corrected chi connectivity index (χ4v) is 1.32. The molecule has 2 N–H and O–H groups in total. The summed E-state index contributed by atoms with van der Waals surface area (Å²) in [5.41, 5.74) is 1.80. The first-order chi connectivity index (χ1) is 8.26. The zero-order valence-corrected chi connectivity index (χ0v) is 9.89. The Labute approximate surface area is 101 Å². The predicted octanol–water partition coefficient (Wildman–Crippen LogP) is 2.29. The summed E-state index contributed by atoms with van der Waals surface area (Å²) in [6.45, 7) is 2.03. The van der Waals surface area contributed by atoms with Crippen LogP contribution in [-0.4, -0.2) is 17.6 Å². The Morgan fingerprint density at radius 1 is 1.29 bits per heavy atom. The predicted molar refractivity (Wildman–Crippen MR) is 69.8 cm³/mol. The van der Waals surface area contributed by atoms with Gasteiger partial charge in [-0.3, -0.25) is 4.79 Å². The Kier molecular flexibility index (Phi) is 5.75. The van der Waals surface area contributed by atoms with Gasteiger partial charge in [-0.2, -0.15) is 0 Å². The Morgan fingerprint density at radius 2 is 2.00 bits per heavy atom. The number of anilines is 1. The number of carbonyl (C=O) groups excluding carboxylic acids is 1. The van der Waals surface area contributed by atoms with Gasteiger partial charge >= 0.3 is 0 Å². The number of hydrogen-bond acceptors (Lipinski definition) is 2. The van der Waals surface area contributed by atoms with Crippen molar-refractivity contribution in [1.82, 2.24) is 0 Å². The molecule has 3 heteroatoms. The maximum Gasteiger partial charge on any atom is 0.248 e. The SMILES string of the molecule is CC=CC=CC(=O)Nc1ccc(CCO)cc1. The Balaban J connectivity index is 2.54. The first-order valence-corrected chi connectivity index (χ1v) is 5.56. The van der Waals surface area contributed by atoms with Crippen LogP contribution >= 0.6 is 0 Å². The van der Waals surface area contributed by atoms with Crippen LogP contribution in [0.3, 0.4) is 0 Å². The van der Waals surface area contributed by atoms with Crippen LogP contribution in [-0.2, 0) is 11.2 Å². The number of aliphatic hydroxyl groups is 1. The molecule has 0 saturated carbocycles. The number of rotatable bonds is 5. The van der Waals surface area contributed by atoms with Crippen molar-refractivity contribution in [2.24, 2.45) is 0 Å². The molecule has 3 nitrogen and oxygen atoms in total. The molecule has 1 amide bonds. The van der Waals surface area contributed by atoms with Crippen LogP contribution in [0.15, 0.2) is 48.6 Å². The van der Waals surface area contributed by atoms with Crippen LogP contribution in [0.25, 0.3) is 0 Å². The van der Waals surface area contributed by atoms with E-state index in [1.807, 2.05) is 37.3 Å². The highest BCUT2D eigenvalue weighted by Gasteiger charge is 1.97. The van der Waals surface area contributed by atoms with E-state index in [0.29, 0.717) is 6.42 Å². The molecule has 90 valence electrons. The van der Waals surface area contributed by atoms with Gasteiger partial charge in [-0.15, -0.1) is 0 Å².